The van der Waals surface area contributed by atoms with Crippen LogP contribution in [0.5, 0.6) is 0 Å². The number of nitrogens with one attached hydrogen (secondary N) is 1. The van der Waals surface area contributed by atoms with E-state index < -0.39 is 0 Å². The Labute approximate surface area is 69.0 Å². The molecule has 0 aliphatic heterocycles. The van der Waals surface area contributed by atoms with E-state index in [0.717, 1.165) is 25.3 Å². The number of hydrogen-bond donors (Lipinski definition) is 1. The molecule has 3 nitrogen and oxygen atoms in total. The highest BCUT2D eigenvalue weighted by molar-refractivity contribution is 4.79. The highest BCUT2D eigenvalue weighted by Crippen LogP contribution is 1.85. The normalized spacial score (nSPS) is 10.2. The Hall–Kier alpha value is -0.540. The van der Waals surface area contributed by atoms with Crippen molar-refractivity contribution in [2.75, 3.05) is 27.2 Å². The van der Waals surface area contributed by atoms with E-state index in [9.17, 15) is 0 Å². The van der Waals surface area contributed by atoms with E-state index >= 15 is 0 Å². The Morgan fingerprint density at radius 3 is 2.64 bits per heavy atom. The average Bonchev–Trinajstić information content (AvgIpc) is 1.85. The summed E-state index contributed by atoms with van der Waals surface area (Å²) in [6.45, 7) is 7.29. The SMILES string of the molecule is C=C(C)NOCCCN(C)C. The lowest BCUT2D eigenvalue weighted by Crippen LogP contribution is -2.18. The lowest BCUT2D eigenvalue weighted by molar-refractivity contribution is 0.0581. The summed E-state index contributed by atoms with van der Waals surface area (Å²) in [5.74, 6) is 0. The van der Waals surface area contributed by atoms with E-state index in [2.05, 4.69) is 17.0 Å². The Kier molecular flexibility index (Phi) is 5.88. The van der Waals surface area contributed by atoms with Crippen LogP contribution in [0.2, 0.25) is 0 Å². The molecule has 0 aromatic carbocycles. The summed E-state index contributed by atoms with van der Waals surface area (Å²) in [6, 6.07) is 0. The highest BCUT2D eigenvalue weighted by atomic mass is 16.6. The number of allylic oxidation sites excluding steroid dienone is 1. The molecule has 0 fully saturated rings. The van der Waals surface area contributed by atoms with E-state index in [0.29, 0.717) is 0 Å². The van der Waals surface area contributed by atoms with Crippen LogP contribution in [-0.2, 0) is 4.84 Å². The van der Waals surface area contributed by atoms with Crippen molar-refractivity contribution in [3.8, 4) is 0 Å². The van der Waals surface area contributed by atoms with Crippen LogP contribution in [0.4, 0.5) is 0 Å². The second-order valence-corrected chi connectivity index (χ2v) is 2.89. The van der Waals surface area contributed by atoms with Crippen molar-refractivity contribution < 1.29 is 4.84 Å². The van der Waals surface area contributed by atoms with Gasteiger partial charge in [-0.15, -0.1) is 0 Å². The van der Waals surface area contributed by atoms with Gasteiger partial charge in [0, 0.05) is 5.70 Å². The topological polar surface area (TPSA) is 24.5 Å². The van der Waals surface area contributed by atoms with Crippen LogP contribution in [0, 0.1) is 0 Å². The molecule has 0 rings (SSSR count). The molecular weight excluding hydrogens is 140 g/mol. The van der Waals surface area contributed by atoms with Gasteiger partial charge in [-0.25, -0.2) is 0 Å². The van der Waals surface area contributed by atoms with E-state index in [1.807, 2.05) is 21.0 Å². The van der Waals surface area contributed by atoms with Crippen molar-refractivity contribution in [3.05, 3.63) is 12.3 Å². The summed E-state index contributed by atoms with van der Waals surface area (Å²) in [7, 11) is 4.10. The van der Waals surface area contributed by atoms with Gasteiger partial charge in [0.2, 0.25) is 0 Å². The smallest absolute Gasteiger partial charge is 0.0758 e. The second-order valence-electron chi connectivity index (χ2n) is 2.89. The molecule has 0 aliphatic rings. The Morgan fingerprint density at radius 2 is 2.18 bits per heavy atom. The van der Waals surface area contributed by atoms with Gasteiger partial charge in [0.15, 0.2) is 0 Å². The van der Waals surface area contributed by atoms with Gasteiger partial charge in [-0.3, -0.25) is 10.3 Å². The summed E-state index contributed by atoms with van der Waals surface area (Å²) < 4.78 is 0. The van der Waals surface area contributed by atoms with Gasteiger partial charge in [0.05, 0.1) is 6.61 Å². The summed E-state index contributed by atoms with van der Waals surface area (Å²) in [4.78, 5) is 7.20. The second kappa shape index (κ2) is 6.19. The molecule has 0 unspecified atom stereocenters. The average molecular weight is 158 g/mol. The molecule has 0 amide bonds. The minimum atomic E-state index is 0.727. The minimum Gasteiger partial charge on any atom is -0.309 e. The van der Waals surface area contributed by atoms with Crippen molar-refractivity contribution in [1.29, 1.82) is 0 Å². The third-order valence-corrected chi connectivity index (χ3v) is 1.10. The Morgan fingerprint density at radius 1 is 1.55 bits per heavy atom. The molecule has 0 radical (unpaired) electrons. The first-order valence-corrected chi connectivity index (χ1v) is 3.81. The molecule has 0 aromatic rings. The predicted molar refractivity (Wildman–Crippen MR) is 47.1 cm³/mol. The monoisotopic (exact) mass is 158 g/mol. The molecule has 0 atom stereocenters. The Balaban J connectivity index is 2.97. The third-order valence-electron chi connectivity index (χ3n) is 1.10. The molecule has 0 aromatic heterocycles. The fourth-order valence-corrected chi connectivity index (χ4v) is 0.627. The zero-order valence-electron chi connectivity index (χ0n) is 7.68. The molecule has 1 N–H and O–H groups in total. The highest BCUT2D eigenvalue weighted by Gasteiger charge is 1.90. The van der Waals surface area contributed by atoms with Crippen molar-refractivity contribution in [2.24, 2.45) is 0 Å². The van der Waals surface area contributed by atoms with Gasteiger partial charge in [0.1, 0.15) is 0 Å². The molecule has 0 aliphatic carbocycles. The molecule has 0 saturated heterocycles. The molecular formula is C8H18N2O. The van der Waals surface area contributed by atoms with Crippen LogP contribution in [-0.4, -0.2) is 32.1 Å². The largest absolute Gasteiger partial charge is 0.309 e. The summed E-state index contributed by atoms with van der Waals surface area (Å²) in [6.07, 6.45) is 1.04. The van der Waals surface area contributed by atoms with Gasteiger partial charge < -0.3 is 4.90 Å². The molecule has 11 heavy (non-hydrogen) atoms. The third kappa shape index (κ3) is 9.46. The number of hydroxylamine groups is 1. The first kappa shape index (κ1) is 10.5. The Bertz CT molecular complexity index is 113. The quantitative estimate of drug-likeness (QED) is 0.461. The number of nitrogens with zero attached hydrogens (tertiary/aromatic N) is 1. The molecule has 3 heteroatoms. The van der Waals surface area contributed by atoms with Crippen LogP contribution in [0.3, 0.4) is 0 Å². The summed E-state index contributed by atoms with van der Waals surface area (Å²) in [5, 5.41) is 0. The van der Waals surface area contributed by atoms with Crippen LogP contribution in [0.15, 0.2) is 12.3 Å². The molecule has 0 saturated carbocycles. The number of rotatable bonds is 6. The first-order chi connectivity index (χ1) is 5.13. The minimum absolute atomic E-state index is 0.727. The molecule has 66 valence electrons. The van der Waals surface area contributed by atoms with Gasteiger partial charge in [-0.1, -0.05) is 6.58 Å². The van der Waals surface area contributed by atoms with Crippen LogP contribution < -0.4 is 5.48 Å². The van der Waals surface area contributed by atoms with Crippen LogP contribution in [0.25, 0.3) is 0 Å². The fourth-order valence-electron chi connectivity index (χ4n) is 0.627. The lowest BCUT2D eigenvalue weighted by atomic mass is 10.4. The van der Waals surface area contributed by atoms with Crippen molar-refractivity contribution in [2.45, 2.75) is 13.3 Å². The summed E-state index contributed by atoms with van der Waals surface area (Å²) in [5.41, 5.74) is 3.55. The van der Waals surface area contributed by atoms with E-state index in [-0.39, 0.29) is 0 Å². The maximum absolute atomic E-state index is 5.07. The fraction of sp³-hybridized carbons (Fsp3) is 0.750. The zero-order valence-corrected chi connectivity index (χ0v) is 7.68. The van der Waals surface area contributed by atoms with Crippen molar-refractivity contribution in [1.82, 2.24) is 10.4 Å². The molecule has 0 bridgehead atoms. The van der Waals surface area contributed by atoms with E-state index in [4.69, 9.17) is 4.84 Å². The summed E-state index contributed by atoms with van der Waals surface area (Å²) >= 11 is 0. The van der Waals surface area contributed by atoms with Gasteiger partial charge in [-0.2, -0.15) is 0 Å². The predicted octanol–water partition coefficient (Wildman–Crippen LogP) is 0.993. The van der Waals surface area contributed by atoms with E-state index in [1.54, 1.807) is 0 Å². The lowest BCUT2D eigenvalue weighted by Gasteiger charge is -2.09. The molecule has 0 spiro atoms. The molecule has 0 heterocycles. The van der Waals surface area contributed by atoms with Crippen LogP contribution in [0.1, 0.15) is 13.3 Å². The van der Waals surface area contributed by atoms with Crippen molar-refractivity contribution >= 4 is 0 Å². The van der Waals surface area contributed by atoms with Crippen molar-refractivity contribution in [3.63, 3.8) is 0 Å². The van der Waals surface area contributed by atoms with Gasteiger partial charge >= 0.3 is 0 Å². The maximum atomic E-state index is 5.07. The zero-order chi connectivity index (χ0) is 8.69. The van der Waals surface area contributed by atoms with Gasteiger partial charge in [0.25, 0.3) is 0 Å². The number of hydrogen-bond acceptors (Lipinski definition) is 3. The maximum Gasteiger partial charge on any atom is 0.0758 e. The van der Waals surface area contributed by atoms with E-state index in [1.165, 1.54) is 0 Å². The van der Waals surface area contributed by atoms with Gasteiger partial charge in [-0.05, 0) is 34.0 Å². The first-order valence-electron chi connectivity index (χ1n) is 3.81. The standard InChI is InChI=1S/C8H18N2O/c1-8(2)9-11-7-5-6-10(3)4/h9H,1,5-7H2,2-4H3. The van der Waals surface area contributed by atoms with Crippen LogP contribution >= 0.6 is 0 Å².